The van der Waals surface area contributed by atoms with Crippen LogP contribution in [0.1, 0.15) is 36.1 Å². The van der Waals surface area contributed by atoms with Crippen LogP contribution >= 0.6 is 35.0 Å². The number of benzene rings is 2. The van der Waals surface area contributed by atoms with Gasteiger partial charge in [-0.25, -0.2) is 0 Å². The SMILES string of the molecule is COc1ccc(C(=O)N[C@H](c2nnc(SCC(=O)Nc3cc(Cl)cc(Cl)c3)n2C)C(C)C)cc1. The fourth-order valence-electron chi connectivity index (χ4n) is 3.17. The first-order chi connectivity index (χ1) is 16.2. The number of rotatable bonds is 9. The fraction of sp³-hybridized carbons (Fsp3) is 0.304. The van der Waals surface area contributed by atoms with Crippen LogP contribution in [-0.4, -0.2) is 39.4 Å². The Kier molecular flexibility index (Phi) is 8.82. The average molecular weight is 522 g/mol. The van der Waals surface area contributed by atoms with Crippen LogP contribution in [0.15, 0.2) is 47.6 Å². The van der Waals surface area contributed by atoms with E-state index in [4.69, 9.17) is 27.9 Å². The number of anilines is 1. The van der Waals surface area contributed by atoms with Gasteiger partial charge in [-0.3, -0.25) is 9.59 Å². The summed E-state index contributed by atoms with van der Waals surface area (Å²) < 4.78 is 6.93. The minimum Gasteiger partial charge on any atom is -0.497 e. The first-order valence-corrected chi connectivity index (χ1v) is 12.1. The molecule has 0 spiro atoms. The van der Waals surface area contributed by atoms with Crippen LogP contribution in [-0.2, 0) is 11.8 Å². The van der Waals surface area contributed by atoms with E-state index >= 15 is 0 Å². The molecular weight excluding hydrogens is 497 g/mol. The zero-order valence-electron chi connectivity index (χ0n) is 19.1. The highest BCUT2D eigenvalue weighted by Gasteiger charge is 2.25. The molecule has 2 N–H and O–H groups in total. The zero-order valence-corrected chi connectivity index (χ0v) is 21.5. The summed E-state index contributed by atoms with van der Waals surface area (Å²) in [6.07, 6.45) is 0. The lowest BCUT2D eigenvalue weighted by Crippen LogP contribution is -2.33. The molecule has 2 amide bonds. The Morgan fingerprint density at radius 1 is 1.09 bits per heavy atom. The van der Waals surface area contributed by atoms with Gasteiger partial charge in [0.15, 0.2) is 11.0 Å². The van der Waals surface area contributed by atoms with Gasteiger partial charge in [-0.1, -0.05) is 48.8 Å². The van der Waals surface area contributed by atoms with Crippen molar-refractivity contribution < 1.29 is 14.3 Å². The predicted molar refractivity (Wildman–Crippen MR) is 135 cm³/mol. The van der Waals surface area contributed by atoms with Gasteiger partial charge in [0.1, 0.15) is 5.75 Å². The van der Waals surface area contributed by atoms with Crippen LogP contribution in [0.5, 0.6) is 5.75 Å². The molecular formula is C23H25Cl2N5O3S. The second kappa shape index (κ2) is 11.6. The summed E-state index contributed by atoms with van der Waals surface area (Å²) in [6, 6.07) is 11.3. The highest BCUT2D eigenvalue weighted by atomic mass is 35.5. The van der Waals surface area contributed by atoms with Crippen molar-refractivity contribution in [3.63, 3.8) is 0 Å². The molecule has 0 radical (unpaired) electrons. The zero-order chi connectivity index (χ0) is 24.8. The number of halogens is 2. The molecule has 0 aliphatic rings. The van der Waals surface area contributed by atoms with E-state index in [2.05, 4.69) is 20.8 Å². The van der Waals surface area contributed by atoms with E-state index in [1.807, 2.05) is 13.8 Å². The van der Waals surface area contributed by atoms with Crippen molar-refractivity contribution in [3.05, 3.63) is 63.9 Å². The molecule has 0 aliphatic carbocycles. The quantitative estimate of drug-likeness (QED) is 0.385. The number of amides is 2. The number of thioether (sulfide) groups is 1. The number of carbonyl (C=O) groups excluding carboxylic acids is 2. The number of ether oxygens (including phenoxy) is 1. The van der Waals surface area contributed by atoms with Crippen molar-refractivity contribution in [2.45, 2.75) is 25.0 Å². The van der Waals surface area contributed by atoms with E-state index in [-0.39, 0.29) is 29.5 Å². The van der Waals surface area contributed by atoms with E-state index in [0.29, 0.717) is 38.0 Å². The number of aromatic nitrogens is 3. The lowest BCUT2D eigenvalue weighted by molar-refractivity contribution is -0.113. The van der Waals surface area contributed by atoms with Crippen LogP contribution in [0, 0.1) is 5.92 Å². The van der Waals surface area contributed by atoms with E-state index in [1.54, 1.807) is 61.2 Å². The van der Waals surface area contributed by atoms with Gasteiger partial charge in [-0.2, -0.15) is 0 Å². The number of carbonyl (C=O) groups is 2. The molecule has 1 aromatic heterocycles. The molecule has 0 bridgehead atoms. The van der Waals surface area contributed by atoms with Gasteiger partial charge >= 0.3 is 0 Å². The number of hydrogen-bond acceptors (Lipinski definition) is 6. The highest BCUT2D eigenvalue weighted by molar-refractivity contribution is 7.99. The van der Waals surface area contributed by atoms with E-state index in [1.165, 1.54) is 11.8 Å². The molecule has 0 fully saturated rings. The third-order valence-electron chi connectivity index (χ3n) is 4.93. The maximum atomic E-state index is 12.8. The first kappa shape index (κ1) is 25.9. The Morgan fingerprint density at radius 3 is 2.32 bits per heavy atom. The normalized spacial score (nSPS) is 11.9. The van der Waals surface area contributed by atoms with Crippen molar-refractivity contribution in [3.8, 4) is 5.75 Å². The van der Waals surface area contributed by atoms with Gasteiger partial charge in [-0.05, 0) is 48.4 Å². The molecule has 1 heterocycles. The minimum atomic E-state index is -0.371. The van der Waals surface area contributed by atoms with E-state index in [9.17, 15) is 9.59 Å². The van der Waals surface area contributed by atoms with Gasteiger partial charge < -0.3 is 19.9 Å². The Bertz CT molecular complexity index is 1150. The van der Waals surface area contributed by atoms with Gasteiger partial charge in [-0.15, -0.1) is 10.2 Å². The molecule has 2 aromatic carbocycles. The summed E-state index contributed by atoms with van der Waals surface area (Å²) in [7, 11) is 3.38. The monoisotopic (exact) mass is 521 g/mol. The molecule has 0 saturated heterocycles. The molecule has 0 aliphatic heterocycles. The second-order valence-corrected chi connectivity index (χ2v) is 9.63. The summed E-state index contributed by atoms with van der Waals surface area (Å²) in [5.74, 6) is 0.981. The third-order valence-corrected chi connectivity index (χ3v) is 6.39. The van der Waals surface area contributed by atoms with Gasteiger partial charge in [0, 0.05) is 28.3 Å². The van der Waals surface area contributed by atoms with Crippen molar-refractivity contribution >= 4 is 52.5 Å². The van der Waals surface area contributed by atoms with Gasteiger partial charge in [0.25, 0.3) is 5.91 Å². The lowest BCUT2D eigenvalue weighted by atomic mass is 10.0. The second-order valence-electron chi connectivity index (χ2n) is 7.82. The Hall–Kier alpha value is -2.75. The van der Waals surface area contributed by atoms with Crippen molar-refractivity contribution in [1.82, 2.24) is 20.1 Å². The maximum absolute atomic E-state index is 12.8. The van der Waals surface area contributed by atoms with Crippen LogP contribution in [0.2, 0.25) is 10.0 Å². The number of methoxy groups -OCH3 is 1. The Balaban J connectivity index is 1.66. The molecule has 3 aromatic rings. The lowest BCUT2D eigenvalue weighted by Gasteiger charge is -2.21. The topological polar surface area (TPSA) is 98.1 Å². The smallest absolute Gasteiger partial charge is 0.251 e. The van der Waals surface area contributed by atoms with Crippen LogP contribution < -0.4 is 15.4 Å². The standard InChI is InChI=1S/C23H25Cl2N5O3S/c1-13(2)20(27-22(32)14-5-7-18(33-4)8-6-14)21-28-29-23(30(21)3)34-12-19(31)26-17-10-15(24)9-16(25)11-17/h5-11,13,20H,12H2,1-4H3,(H,26,31)(H,27,32)/t20-/m0/s1. The number of nitrogens with zero attached hydrogens (tertiary/aromatic N) is 3. The molecule has 8 nitrogen and oxygen atoms in total. The summed E-state index contributed by atoms with van der Waals surface area (Å²) in [5, 5.41) is 15.7. The van der Waals surface area contributed by atoms with Crippen LogP contribution in [0.4, 0.5) is 5.69 Å². The summed E-state index contributed by atoms with van der Waals surface area (Å²) in [5.41, 5.74) is 1.03. The number of nitrogens with one attached hydrogen (secondary N) is 2. The van der Waals surface area contributed by atoms with Crippen LogP contribution in [0.25, 0.3) is 0 Å². The third kappa shape index (κ3) is 6.65. The van der Waals surface area contributed by atoms with E-state index in [0.717, 1.165) is 0 Å². The van der Waals surface area contributed by atoms with Crippen molar-refractivity contribution in [2.75, 3.05) is 18.2 Å². The average Bonchev–Trinajstić information content (AvgIpc) is 3.15. The maximum Gasteiger partial charge on any atom is 0.251 e. The first-order valence-electron chi connectivity index (χ1n) is 10.4. The van der Waals surface area contributed by atoms with Gasteiger partial charge in [0.2, 0.25) is 5.91 Å². The molecule has 0 saturated carbocycles. The van der Waals surface area contributed by atoms with Gasteiger partial charge in [0.05, 0.1) is 18.9 Å². The number of hydrogen-bond donors (Lipinski definition) is 2. The van der Waals surface area contributed by atoms with E-state index < -0.39 is 0 Å². The fourth-order valence-corrected chi connectivity index (χ4v) is 4.42. The summed E-state index contributed by atoms with van der Waals surface area (Å²) >= 11 is 13.2. The molecule has 180 valence electrons. The molecule has 1 atom stereocenters. The van der Waals surface area contributed by atoms with Crippen molar-refractivity contribution in [1.29, 1.82) is 0 Å². The summed E-state index contributed by atoms with van der Waals surface area (Å²) in [4.78, 5) is 25.2. The van der Waals surface area contributed by atoms with Crippen molar-refractivity contribution in [2.24, 2.45) is 13.0 Å². The highest BCUT2D eigenvalue weighted by Crippen LogP contribution is 2.26. The summed E-state index contributed by atoms with van der Waals surface area (Å²) in [6.45, 7) is 3.98. The van der Waals surface area contributed by atoms with Crippen LogP contribution in [0.3, 0.4) is 0 Å². The predicted octanol–water partition coefficient (Wildman–Crippen LogP) is 4.99. The molecule has 0 unspecified atom stereocenters. The Labute approximate surface area is 212 Å². The minimum absolute atomic E-state index is 0.0545. The molecule has 3 rings (SSSR count). The Morgan fingerprint density at radius 2 is 1.74 bits per heavy atom. The molecule has 34 heavy (non-hydrogen) atoms. The largest absolute Gasteiger partial charge is 0.497 e. The molecule has 11 heteroatoms.